The number of morpholine rings is 1. The standard InChI is InChI=1S/C15H22N2O4.ClH/c1-10(17-15(18)14-9-16-6-7-21-14)12-8-11(19-2)4-5-13(12)20-3;/h4-5,8,10,14,16H,6-7,9H2,1-3H3,(H,17,18);1H. The summed E-state index contributed by atoms with van der Waals surface area (Å²) in [7, 11) is 3.21. The number of benzene rings is 1. The van der Waals surface area contributed by atoms with Gasteiger partial charge in [0.2, 0.25) is 0 Å². The Hall–Kier alpha value is -1.50. The first kappa shape index (κ1) is 18.5. The molecule has 0 radical (unpaired) electrons. The van der Waals surface area contributed by atoms with Crippen molar-refractivity contribution in [2.75, 3.05) is 33.9 Å². The molecule has 1 aliphatic heterocycles. The maximum atomic E-state index is 12.2. The Balaban J connectivity index is 0.00000242. The molecule has 2 atom stereocenters. The molecular formula is C15H23ClN2O4. The van der Waals surface area contributed by atoms with E-state index in [1.165, 1.54) is 0 Å². The number of nitrogens with one attached hydrogen (secondary N) is 2. The Morgan fingerprint density at radius 2 is 2.18 bits per heavy atom. The van der Waals surface area contributed by atoms with E-state index in [0.717, 1.165) is 17.9 Å². The van der Waals surface area contributed by atoms with Gasteiger partial charge in [0.15, 0.2) is 0 Å². The summed E-state index contributed by atoms with van der Waals surface area (Å²) in [5.74, 6) is 1.31. The van der Waals surface area contributed by atoms with Crippen LogP contribution in [0.15, 0.2) is 18.2 Å². The SMILES string of the molecule is COc1ccc(OC)c(C(C)NC(=O)C2CNCCO2)c1.Cl. The summed E-state index contributed by atoms with van der Waals surface area (Å²) in [6, 6.07) is 5.32. The van der Waals surface area contributed by atoms with Gasteiger partial charge in [0.25, 0.3) is 5.91 Å². The van der Waals surface area contributed by atoms with Gasteiger partial charge in [-0.1, -0.05) is 0 Å². The molecule has 0 bridgehead atoms. The van der Waals surface area contributed by atoms with Crippen LogP contribution >= 0.6 is 12.4 Å². The normalized spacial score (nSPS) is 18.8. The number of ether oxygens (including phenoxy) is 3. The van der Waals surface area contributed by atoms with Crippen molar-refractivity contribution in [3.05, 3.63) is 23.8 Å². The van der Waals surface area contributed by atoms with E-state index in [0.29, 0.717) is 18.9 Å². The number of hydrogen-bond donors (Lipinski definition) is 2. The van der Waals surface area contributed by atoms with Crippen LogP contribution in [0.4, 0.5) is 0 Å². The van der Waals surface area contributed by atoms with Gasteiger partial charge in [-0.2, -0.15) is 0 Å². The molecule has 22 heavy (non-hydrogen) atoms. The molecule has 7 heteroatoms. The first-order chi connectivity index (χ1) is 10.2. The summed E-state index contributed by atoms with van der Waals surface area (Å²) in [6.07, 6.45) is -0.446. The molecule has 1 aliphatic rings. The Kier molecular flexibility index (Phi) is 7.44. The van der Waals surface area contributed by atoms with Gasteiger partial charge in [-0.05, 0) is 25.1 Å². The van der Waals surface area contributed by atoms with Crippen LogP contribution in [0.1, 0.15) is 18.5 Å². The number of carbonyl (C=O) groups is 1. The Morgan fingerprint density at radius 3 is 2.77 bits per heavy atom. The van der Waals surface area contributed by atoms with Crippen molar-refractivity contribution in [1.29, 1.82) is 0 Å². The number of rotatable bonds is 5. The molecule has 1 saturated heterocycles. The lowest BCUT2D eigenvalue weighted by Gasteiger charge is -2.25. The summed E-state index contributed by atoms with van der Waals surface area (Å²) in [5.41, 5.74) is 0.869. The van der Waals surface area contributed by atoms with Gasteiger partial charge in [-0.15, -0.1) is 12.4 Å². The summed E-state index contributed by atoms with van der Waals surface area (Å²) >= 11 is 0. The van der Waals surface area contributed by atoms with Crippen molar-refractivity contribution in [2.45, 2.75) is 19.1 Å². The van der Waals surface area contributed by atoms with E-state index in [9.17, 15) is 4.79 Å². The van der Waals surface area contributed by atoms with E-state index < -0.39 is 6.10 Å². The molecule has 1 aromatic rings. The van der Waals surface area contributed by atoms with Crippen molar-refractivity contribution in [3.8, 4) is 11.5 Å². The molecule has 2 rings (SSSR count). The van der Waals surface area contributed by atoms with E-state index in [4.69, 9.17) is 14.2 Å². The maximum absolute atomic E-state index is 12.2. The van der Waals surface area contributed by atoms with Gasteiger partial charge in [0.05, 0.1) is 26.9 Å². The van der Waals surface area contributed by atoms with Gasteiger partial charge in [-0.3, -0.25) is 4.79 Å². The second kappa shape index (κ2) is 8.82. The van der Waals surface area contributed by atoms with Crippen LogP contribution in [0.25, 0.3) is 0 Å². The highest BCUT2D eigenvalue weighted by molar-refractivity contribution is 5.85. The van der Waals surface area contributed by atoms with Gasteiger partial charge < -0.3 is 24.8 Å². The highest BCUT2D eigenvalue weighted by atomic mass is 35.5. The monoisotopic (exact) mass is 330 g/mol. The third kappa shape index (κ3) is 4.50. The van der Waals surface area contributed by atoms with E-state index in [2.05, 4.69) is 10.6 Å². The third-order valence-electron chi connectivity index (χ3n) is 3.48. The second-order valence-electron chi connectivity index (χ2n) is 4.90. The molecular weight excluding hydrogens is 308 g/mol. The zero-order chi connectivity index (χ0) is 15.2. The highest BCUT2D eigenvalue weighted by Crippen LogP contribution is 2.29. The Labute approximate surface area is 136 Å². The van der Waals surface area contributed by atoms with E-state index in [1.807, 2.05) is 25.1 Å². The van der Waals surface area contributed by atoms with Gasteiger partial charge in [0.1, 0.15) is 17.6 Å². The molecule has 1 aromatic carbocycles. The fourth-order valence-corrected chi connectivity index (χ4v) is 2.30. The van der Waals surface area contributed by atoms with Gasteiger partial charge >= 0.3 is 0 Å². The maximum Gasteiger partial charge on any atom is 0.250 e. The smallest absolute Gasteiger partial charge is 0.250 e. The molecule has 0 spiro atoms. The molecule has 2 N–H and O–H groups in total. The fourth-order valence-electron chi connectivity index (χ4n) is 2.30. The topological polar surface area (TPSA) is 68.8 Å². The average Bonchev–Trinajstić information content (AvgIpc) is 2.54. The van der Waals surface area contributed by atoms with Crippen LogP contribution in [-0.4, -0.2) is 45.9 Å². The summed E-state index contributed by atoms with van der Waals surface area (Å²) in [4.78, 5) is 12.2. The second-order valence-corrected chi connectivity index (χ2v) is 4.90. The van der Waals surface area contributed by atoms with Crippen LogP contribution in [0.2, 0.25) is 0 Å². The molecule has 2 unspecified atom stereocenters. The number of methoxy groups -OCH3 is 2. The summed E-state index contributed by atoms with van der Waals surface area (Å²) in [5, 5.41) is 6.09. The minimum atomic E-state index is -0.446. The predicted octanol–water partition coefficient (Wildman–Crippen LogP) is 1.29. The summed E-state index contributed by atoms with van der Waals surface area (Å²) < 4.78 is 16.0. The number of hydrogen-bond acceptors (Lipinski definition) is 5. The molecule has 1 heterocycles. The van der Waals surface area contributed by atoms with E-state index in [1.54, 1.807) is 14.2 Å². The zero-order valence-electron chi connectivity index (χ0n) is 13.0. The van der Waals surface area contributed by atoms with Crippen molar-refractivity contribution in [3.63, 3.8) is 0 Å². The van der Waals surface area contributed by atoms with Crippen LogP contribution < -0.4 is 20.1 Å². The number of amides is 1. The quantitative estimate of drug-likeness (QED) is 0.851. The first-order valence-corrected chi connectivity index (χ1v) is 7.00. The minimum Gasteiger partial charge on any atom is -0.497 e. The zero-order valence-corrected chi connectivity index (χ0v) is 13.9. The molecule has 124 valence electrons. The molecule has 0 saturated carbocycles. The summed E-state index contributed by atoms with van der Waals surface area (Å²) in [6.45, 7) is 3.78. The third-order valence-corrected chi connectivity index (χ3v) is 3.48. The highest BCUT2D eigenvalue weighted by Gasteiger charge is 2.24. The van der Waals surface area contributed by atoms with Crippen molar-refractivity contribution in [1.82, 2.24) is 10.6 Å². The van der Waals surface area contributed by atoms with Crippen LogP contribution in [0.3, 0.4) is 0 Å². The molecule has 0 aliphatic carbocycles. The first-order valence-electron chi connectivity index (χ1n) is 7.00. The molecule has 0 aromatic heterocycles. The molecule has 6 nitrogen and oxygen atoms in total. The van der Waals surface area contributed by atoms with E-state index >= 15 is 0 Å². The largest absolute Gasteiger partial charge is 0.497 e. The lowest BCUT2D eigenvalue weighted by Crippen LogP contribution is -2.48. The van der Waals surface area contributed by atoms with Gasteiger partial charge in [-0.25, -0.2) is 0 Å². The van der Waals surface area contributed by atoms with E-state index in [-0.39, 0.29) is 24.4 Å². The lowest BCUT2D eigenvalue weighted by molar-refractivity contribution is -0.134. The minimum absolute atomic E-state index is 0. The van der Waals surface area contributed by atoms with Crippen molar-refractivity contribution >= 4 is 18.3 Å². The molecule has 1 amide bonds. The number of halogens is 1. The molecule has 1 fully saturated rings. The Bertz CT molecular complexity index is 492. The number of carbonyl (C=O) groups excluding carboxylic acids is 1. The van der Waals surface area contributed by atoms with Crippen LogP contribution in [-0.2, 0) is 9.53 Å². The average molecular weight is 331 g/mol. The fraction of sp³-hybridized carbons (Fsp3) is 0.533. The lowest BCUT2D eigenvalue weighted by atomic mass is 10.1. The van der Waals surface area contributed by atoms with Crippen LogP contribution in [0, 0.1) is 0 Å². The van der Waals surface area contributed by atoms with Crippen molar-refractivity contribution in [2.24, 2.45) is 0 Å². The van der Waals surface area contributed by atoms with Crippen molar-refractivity contribution < 1.29 is 19.0 Å². The predicted molar refractivity (Wildman–Crippen MR) is 86.0 cm³/mol. The Morgan fingerprint density at radius 1 is 1.41 bits per heavy atom. The van der Waals surface area contributed by atoms with Crippen LogP contribution in [0.5, 0.6) is 11.5 Å². The van der Waals surface area contributed by atoms with Gasteiger partial charge in [0, 0.05) is 18.7 Å².